The van der Waals surface area contributed by atoms with Gasteiger partial charge in [0.25, 0.3) is 5.91 Å². The number of nitrogens with one attached hydrogen (secondary N) is 1. The van der Waals surface area contributed by atoms with E-state index in [9.17, 15) is 4.79 Å². The van der Waals surface area contributed by atoms with E-state index in [1.165, 1.54) is 0 Å². The zero-order valence-corrected chi connectivity index (χ0v) is 13.1. The average Bonchev–Trinajstić information content (AvgIpc) is 2.71. The number of anilines is 2. The minimum atomic E-state index is -0.751. The van der Waals surface area contributed by atoms with Gasteiger partial charge >= 0.3 is 0 Å². The average molecular weight is 378 g/mol. The lowest BCUT2D eigenvalue weighted by Gasteiger charge is -2.23. The van der Waals surface area contributed by atoms with E-state index in [0.29, 0.717) is 18.0 Å². The second-order valence-corrected chi connectivity index (χ2v) is 6.26. The largest absolute Gasteiger partial charge is 0.397 e. The fraction of sp³-hybridized carbons (Fsp3) is 0.417. The third-order valence-electron chi connectivity index (χ3n) is 3.02. The fourth-order valence-electron chi connectivity index (χ4n) is 1.93. The monoisotopic (exact) mass is 376 g/mol. The lowest BCUT2D eigenvalue weighted by atomic mass is 10.0. The van der Waals surface area contributed by atoms with Gasteiger partial charge in [0.15, 0.2) is 0 Å². The first-order valence-corrected chi connectivity index (χ1v) is 7.21. The molecule has 0 saturated carbocycles. The van der Waals surface area contributed by atoms with Crippen LogP contribution >= 0.6 is 31.9 Å². The molecule has 0 spiro atoms. The fourth-order valence-corrected chi connectivity index (χ4v) is 3.29. The summed E-state index contributed by atoms with van der Waals surface area (Å²) >= 11 is 6.73. The summed E-state index contributed by atoms with van der Waals surface area (Å²) in [4.78, 5) is 12.2. The molecule has 1 aromatic carbocycles. The predicted octanol–water partition coefficient (Wildman–Crippen LogP) is 3.30. The first-order valence-electron chi connectivity index (χ1n) is 5.62. The molecule has 0 aromatic heterocycles. The number of benzene rings is 1. The highest BCUT2D eigenvalue weighted by Gasteiger charge is 2.38. The Morgan fingerprint density at radius 2 is 2.22 bits per heavy atom. The van der Waals surface area contributed by atoms with Crippen LogP contribution < -0.4 is 11.1 Å². The number of hydrogen-bond donors (Lipinski definition) is 2. The predicted molar refractivity (Wildman–Crippen MR) is 78.5 cm³/mol. The molecule has 3 N–H and O–H groups in total. The number of amides is 1. The van der Waals surface area contributed by atoms with Gasteiger partial charge in [-0.15, -0.1) is 0 Å². The van der Waals surface area contributed by atoms with Crippen molar-refractivity contribution in [1.29, 1.82) is 0 Å². The Labute approximate surface area is 123 Å². The summed E-state index contributed by atoms with van der Waals surface area (Å²) in [5.41, 5.74) is 6.23. The number of nitrogen functional groups attached to an aromatic ring is 1. The van der Waals surface area contributed by atoms with Gasteiger partial charge < -0.3 is 15.8 Å². The summed E-state index contributed by atoms with van der Waals surface area (Å²) in [6.45, 7) is 2.43. The van der Waals surface area contributed by atoms with Crippen molar-refractivity contribution in [2.75, 3.05) is 17.7 Å². The van der Waals surface area contributed by atoms with Crippen LogP contribution in [0.3, 0.4) is 0 Å². The smallest absolute Gasteiger partial charge is 0.256 e. The van der Waals surface area contributed by atoms with Gasteiger partial charge in [0.1, 0.15) is 5.60 Å². The maximum atomic E-state index is 12.2. The topological polar surface area (TPSA) is 64.4 Å². The minimum absolute atomic E-state index is 0.158. The molecule has 1 aromatic rings. The second-order valence-electron chi connectivity index (χ2n) is 4.49. The van der Waals surface area contributed by atoms with Crippen molar-refractivity contribution in [3.05, 3.63) is 21.1 Å². The molecule has 1 atom stereocenters. The minimum Gasteiger partial charge on any atom is -0.397 e. The van der Waals surface area contributed by atoms with Gasteiger partial charge in [0.2, 0.25) is 0 Å². The number of hydrogen-bond acceptors (Lipinski definition) is 3. The zero-order valence-electron chi connectivity index (χ0n) is 9.93. The van der Waals surface area contributed by atoms with Gasteiger partial charge in [-0.1, -0.05) is 15.9 Å². The molecule has 1 amide bonds. The van der Waals surface area contributed by atoms with Crippen molar-refractivity contribution in [2.24, 2.45) is 0 Å². The lowest BCUT2D eigenvalue weighted by molar-refractivity contribution is -0.133. The Morgan fingerprint density at radius 1 is 1.50 bits per heavy atom. The maximum Gasteiger partial charge on any atom is 0.256 e. The van der Waals surface area contributed by atoms with E-state index in [1.807, 2.05) is 6.07 Å². The van der Waals surface area contributed by atoms with Crippen LogP contribution in [0.5, 0.6) is 0 Å². The molecule has 0 bridgehead atoms. The molecule has 0 radical (unpaired) electrons. The standard InChI is InChI=1S/C12H14Br2N2O2/c1-12(3-2-4-18-12)11(17)16-10-8(14)5-7(13)6-9(10)15/h5-6H,2-4,15H2,1H3,(H,16,17). The Hall–Kier alpha value is -0.590. The van der Waals surface area contributed by atoms with Gasteiger partial charge in [0.05, 0.1) is 11.4 Å². The van der Waals surface area contributed by atoms with Gasteiger partial charge in [-0.05, 0) is 47.8 Å². The van der Waals surface area contributed by atoms with Gasteiger partial charge in [-0.25, -0.2) is 0 Å². The van der Waals surface area contributed by atoms with Crippen LogP contribution in [0, 0.1) is 0 Å². The number of carbonyl (C=O) groups excluding carboxylic acids is 1. The van der Waals surface area contributed by atoms with E-state index in [1.54, 1.807) is 13.0 Å². The molecule has 1 saturated heterocycles. The van der Waals surface area contributed by atoms with E-state index in [4.69, 9.17) is 10.5 Å². The molecular formula is C12H14Br2N2O2. The van der Waals surface area contributed by atoms with Crippen molar-refractivity contribution in [3.8, 4) is 0 Å². The van der Waals surface area contributed by atoms with Crippen LogP contribution in [0.1, 0.15) is 19.8 Å². The zero-order chi connectivity index (χ0) is 13.3. The Balaban J connectivity index is 2.22. The Bertz CT molecular complexity index is 462. The van der Waals surface area contributed by atoms with Crippen molar-refractivity contribution in [3.63, 3.8) is 0 Å². The molecule has 1 heterocycles. The quantitative estimate of drug-likeness (QED) is 0.777. The van der Waals surface area contributed by atoms with Gasteiger partial charge in [0, 0.05) is 15.6 Å². The number of carbonyl (C=O) groups is 1. The normalized spacial score (nSPS) is 23.1. The molecule has 4 nitrogen and oxygen atoms in total. The molecule has 1 aliphatic rings. The lowest BCUT2D eigenvalue weighted by Crippen LogP contribution is -2.39. The number of ether oxygens (including phenoxy) is 1. The molecule has 1 aliphatic heterocycles. The van der Waals surface area contributed by atoms with E-state index >= 15 is 0 Å². The third-order valence-corrected chi connectivity index (χ3v) is 4.11. The Kier molecular flexibility index (Phi) is 3.99. The van der Waals surface area contributed by atoms with Crippen LogP contribution in [0.2, 0.25) is 0 Å². The molecule has 6 heteroatoms. The van der Waals surface area contributed by atoms with E-state index in [2.05, 4.69) is 37.2 Å². The molecule has 1 unspecified atom stereocenters. The van der Waals surface area contributed by atoms with Crippen LogP contribution in [-0.2, 0) is 9.53 Å². The van der Waals surface area contributed by atoms with Crippen LogP contribution in [0.25, 0.3) is 0 Å². The highest BCUT2D eigenvalue weighted by atomic mass is 79.9. The number of nitrogens with two attached hydrogens (primary N) is 1. The van der Waals surface area contributed by atoms with Gasteiger partial charge in [-0.2, -0.15) is 0 Å². The third kappa shape index (κ3) is 2.70. The molecular weight excluding hydrogens is 364 g/mol. The van der Waals surface area contributed by atoms with Crippen molar-refractivity contribution < 1.29 is 9.53 Å². The van der Waals surface area contributed by atoms with E-state index in [0.717, 1.165) is 21.8 Å². The van der Waals surface area contributed by atoms with E-state index in [-0.39, 0.29) is 5.91 Å². The summed E-state index contributed by atoms with van der Waals surface area (Å²) in [7, 11) is 0. The van der Waals surface area contributed by atoms with Crippen molar-refractivity contribution in [1.82, 2.24) is 0 Å². The molecule has 18 heavy (non-hydrogen) atoms. The number of halogens is 2. The molecule has 2 rings (SSSR count). The number of rotatable bonds is 2. The summed E-state index contributed by atoms with van der Waals surface area (Å²) in [6.07, 6.45) is 1.63. The highest BCUT2D eigenvalue weighted by Crippen LogP contribution is 2.34. The summed E-state index contributed by atoms with van der Waals surface area (Å²) < 4.78 is 7.10. The van der Waals surface area contributed by atoms with Crippen LogP contribution in [0.15, 0.2) is 21.1 Å². The summed E-state index contributed by atoms with van der Waals surface area (Å²) in [6, 6.07) is 3.59. The van der Waals surface area contributed by atoms with Gasteiger partial charge in [-0.3, -0.25) is 4.79 Å². The Morgan fingerprint density at radius 3 is 2.78 bits per heavy atom. The highest BCUT2D eigenvalue weighted by molar-refractivity contribution is 9.11. The first-order chi connectivity index (χ1) is 8.42. The maximum absolute atomic E-state index is 12.2. The van der Waals surface area contributed by atoms with E-state index < -0.39 is 5.60 Å². The van der Waals surface area contributed by atoms with Crippen molar-refractivity contribution >= 4 is 49.1 Å². The molecule has 98 valence electrons. The summed E-state index contributed by atoms with van der Waals surface area (Å²) in [5, 5.41) is 2.83. The van der Waals surface area contributed by atoms with Crippen molar-refractivity contribution in [2.45, 2.75) is 25.4 Å². The van der Waals surface area contributed by atoms with Crippen LogP contribution in [0.4, 0.5) is 11.4 Å². The summed E-state index contributed by atoms with van der Waals surface area (Å²) in [5.74, 6) is -0.158. The second kappa shape index (κ2) is 5.19. The van der Waals surface area contributed by atoms with Crippen LogP contribution in [-0.4, -0.2) is 18.1 Å². The SMILES string of the molecule is CC1(C(=O)Nc2c(N)cc(Br)cc2Br)CCCO1. The molecule has 0 aliphatic carbocycles. The first kappa shape index (κ1) is 13.8. The molecule has 1 fully saturated rings.